The first kappa shape index (κ1) is 16.0. The van der Waals surface area contributed by atoms with E-state index >= 15 is 0 Å². The highest BCUT2D eigenvalue weighted by atomic mass is 16.6. The van der Waals surface area contributed by atoms with Gasteiger partial charge < -0.3 is 21.9 Å². The van der Waals surface area contributed by atoms with E-state index < -0.39 is 24.0 Å². The lowest BCUT2D eigenvalue weighted by Crippen LogP contribution is -2.42. The van der Waals surface area contributed by atoms with Gasteiger partial charge in [-0.15, -0.1) is 0 Å². The Morgan fingerprint density at radius 2 is 1.71 bits per heavy atom. The fourth-order valence-electron chi connectivity index (χ4n) is 1.14. The van der Waals surface area contributed by atoms with Crippen LogP contribution in [0.2, 0.25) is 0 Å². The smallest absolute Gasteiger partial charge is 0.330 e. The molecule has 0 radical (unpaired) electrons. The second-order valence-corrected chi connectivity index (χ2v) is 4.40. The zero-order valence-electron chi connectivity index (χ0n) is 10.5. The van der Waals surface area contributed by atoms with Gasteiger partial charge in [0, 0.05) is 0 Å². The molecule has 6 N–H and O–H groups in total. The first-order chi connectivity index (χ1) is 7.90. The molecule has 6 heteroatoms. The molecular weight excluding hydrogens is 222 g/mol. The van der Waals surface area contributed by atoms with Gasteiger partial charge >= 0.3 is 11.9 Å². The average molecular weight is 245 g/mol. The molecule has 100 valence electrons. The van der Waals surface area contributed by atoms with Crippen molar-refractivity contribution in [3.63, 3.8) is 0 Å². The summed E-state index contributed by atoms with van der Waals surface area (Å²) < 4.78 is 4.61. The molecule has 6 nitrogen and oxygen atoms in total. The molecule has 0 spiro atoms. The first-order valence-corrected chi connectivity index (χ1v) is 5.87. The van der Waals surface area contributed by atoms with E-state index in [-0.39, 0.29) is 5.92 Å². The molecule has 2 atom stereocenters. The van der Waals surface area contributed by atoms with Crippen LogP contribution in [0.5, 0.6) is 0 Å². The van der Waals surface area contributed by atoms with E-state index in [1.54, 1.807) is 13.8 Å². The van der Waals surface area contributed by atoms with E-state index in [0.717, 1.165) is 12.8 Å². The number of nitrogens with two attached hydrogens (primary N) is 3. The lowest BCUT2D eigenvalue weighted by atomic mass is 10.1. The second kappa shape index (κ2) is 8.16. The number of hydrogen-bond donors (Lipinski definition) is 3. The highest BCUT2D eigenvalue weighted by Crippen LogP contribution is 2.04. The molecule has 0 rings (SSSR count). The Balaban J connectivity index is 4.03. The molecule has 0 aromatic carbocycles. The number of carbonyl (C=O) groups is 2. The van der Waals surface area contributed by atoms with Crippen LogP contribution in [-0.4, -0.2) is 30.6 Å². The Morgan fingerprint density at radius 1 is 1.12 bits per heavy atom. The van der Waals surface area contributed by atoms with Gasteiger partial charge in [0.2, 0.25) is 0 Å². The van der Waals surface area contributed by atoms with Crippen molar-refractivity contribution < 1.29 is 14.3 Å². The number of hydrogen-bond acceptors (Lipinski definition) is 6. The lowest BCUT2D eigenvalue weighted by Gasteiger charge is -2.15. The van der Waals surface area contributed by atoms with Gasteiger partial charge in [0.1, 0.15) is 12.1 Å². The number of unbranched alkanes of at least 4 members (excludes halogenated alkanes) is 1. The van der Waals surface area contributed by atoms with Crippen molar-refractivity contribution in [2.75, 3.05) is 6.54 Å². The Labute approximate surface area is 102 Å². The quantitative estimate of drug-likeness (QED) is 0.316. The minimum Gasteiger partial charge on any atom is -0.391 e. The zero-order chi connectivity index (χ0) is 13.4. The van der Waals surface area contributed by atoms with Crippen LogP contribution in [0, 0.1) is 5.92 Å². The predicted molar refractivity (Wildman–Crippen MR) is 64.8 cm³/mol. The van der Waals surface area contributed by atoms with Crippen LogP contribution in [0.15, 0.2) is 0 Å². The van der Waals surface area contributed by atoms with Crippen LogP contribution in [0.25, 0.3) is 0 Å². The highest BCUT2D eigenvalue weighted by molar-refractivity contribution is 5.90. The van der Waals surface area contributed by atoms with Gasteiger partial charge in [-0.25, -0.2) is 9.59 Å². The predicted octanol–water partition coefficient (Wildman–Crippen LogP) is -0.504. The van der Waals surface area contributed by atoms with Gasteiger partial charge in [-0.05, 0) is 25.3 Å². The van der Waals surface area contributed by atoms with E-state index in [0.29, 0.717) is 13.0 Å². The zero-order valence-corrected chi connectivity index (χ0v) is 10.5. The summed E-state index contributed by atoms with van der Waals surface area (Å²) in [5.41, 5.74) is 16.4. The number of ether oxygens (including phenoxy) is 1. The summed E-state index contributed by atoms with van der Waals surface area (Å²) in [6.07, 6.45) is 1.98. The standard InChI is InChI=1S/C11H23N3O3/c1-7(2)9(14)11(16)17-10(15)8(13)5-3-4-6-12/h7-9H,3-6,12-14H2,1-2H3/t8-,9-/m1/s1. The molecule has 0 saturated carbocycles. The molecule has 0 aliphatic rings. The number of carbonyl (C=O) groups excluding carboxylic acids is 2. The average Bonchev–Trinajstić information content (AvgIpc) is 2.27. The van der Waals surface area contributed by atoms with E-state index in [4.69, 9.17) is 17.2 Å². The molecule has 0 heterocycles. The van der Waals surface area contributed by atoms with Gasteiger partial charge in [-0.2, -0.15) is 0 Å². The van der Waals surface area contributed by atoms with E-state index in [9.17, 15) is 9.59 Å². The van der Waals surface area contributed by atoms with Crippen molar-refractivity contribution in [1.29, 1.82) is 0 Å². The lowest BCUT2D eigenvalue weighted by molar-refractivity contribution is -0.162. The summed E-state index contributed by atoms with van der Waals surface area (Å²) in [4.78, 5) is 22.8. The minimum atomic E-state index is -0.796. The SMILES string of the molecule is CC(C)[C@@H](N)C(=O)OC(=O)[C@H](N)CCCCN. The maximum Gasteiger partial charge on any atom is 0.330 e. The Morgan fingerprint density at radius 3 is 2.18 bits per heavy atom. The van der Waals surface area contributed by atoms with Crippen LogP contribution in [-0.2, 0) is 14.3 Å². The monoisotopic (exact) mass is 245 g/mol. The van der Waals surface area contributed by atoms with Crippen molar-refractivity contribution in [1.82, 2.24) is 0 Å². The maximum atomic E-state index is 11.4. The van der Waals surface area contributed by atoms with Gasteiger partial charge in [0.25, 0.3) is 0 Å². The molecule has 0 bridgehead atoms. The summed E-state index contributed by atoms with van der Waals surface area (Å²) in [6, 6.07) is -1.58. The molecule has 0 unspecified atom stereocenters. The molecule has 0 fully saturated rings. The van der Waals surface area contributed by atoms with Gasteiger partial charge in [-0.1, -0.05) is 20.3 Å². The van der Waals surface area contributed by atoms with Crippen LogP contribution in [0.1, 0.15) is 33.1 Å². The molecule has 0 aliphatic heterocycles. The van der Waals surface area contributed by atoms with E-state index in [2.05, 4.69) is 4.74 Å². The van der Waals surface area contributed by atoms with Gasteiger partial charge in [0.15, 0.2) is 0 Å². The molecule has 0 amide bonds. The number of rotatable bonds is 7. The summed E-state index contributed by atoms with van der Waals surface area (Å²) >= 11 is 0. The highest BCUT2D eigenvalue weighted by Gasteiger charge is 2.24. The van der Waals surface area contributed by atoms with Crippen LogP contribution >= 0.6 is 0 Å². The summed E-state index contributed by atoms with van der Waals surface area (Å²) in [6.45, 7) is 4.11. The molecular formula is C11H23N3O3. The van der Waals surface area contributed by atoms with Crippen LogP contribution < -0.4 is 17.2 Å². The van der Waals surface area contributed by atoms with E-state index in [1.807, 2.05) is 0 Å². The molecule has 17 heavy (non-hydrogen) atoms. The minimum absolute atomic E-state index is 0.0798. The maximum absolute atomic E-state index is 11.4. The van der Waals surface area contributed by atoms with Crippen LogP contribution in [0.4, 0.5) is 0 Å². The fourth-order valence-corrected chi connectivity index (χ4v) is 1.14. The topological polar surface area (TPSA) is 121 Å². The van der Waals surface area contributed by atoms with Crippen molar-refractivity contribution >= 4 is 11.9 Å². The molecule has 0 aliphatic carbocycles. The summed E-state index contributed by atoms with van der Waals surface area (Å²) in [5, 5.41) is 0. The molecule has 0 aromatic rings. The van der Waals surface area contributed by atoms with Crippen molar-refractivity contribution in [2.24, 2.45) is 23.1 Å². The Hall–Kier alpha value is -0.980. The van der Waals surface area contributed by atoms with Gasteiger partial charge in [0.05, 0.1) is 0 Å². The van der Waals surface area contributed by atoms with Crippen molar-refractivity contribution in [3.05, 3.63) is 0 Å². The third-order valence-corrected chi connectivity index (χ3v) is 2.46. The van der Waals surface area contributed by atoms with Gasteiger partial charge in [-0.3, -0.25) is 0 Å². The Kier molecular flexibility index (Phi) is 7.69. The molecule has 0 saturated heterocycles. The normalized spacial score (nSPS) is 14.5. The summed E-state index contributed by atoms with van der Waals surface area (Å²) in [7, 11) is 0. The second-order valence-electron chi connectivity index (χ2n) is 4.40. The largest absolute Gasteiger partial charge is 0.391 e. The number of esters is 2. The summed E-state index contributed by atoms with van der Waals surface area (Å²) in [5.74, 6) is -1.52. The Bertz CT molecular complexity index is 256. The van der Waals surface area contributed by atoms with Crippen LogP contribution in [0.3, 0.4) is 0 Å². The first-order valence-electron chi connectivity index (χ1n) is 5.87. The fraction of sp³-hybridized carbons (Fsp3) is 0.818. The third kappa shape index (κ3) is 6.35. The third-order valence-electron chi connectivity index (χ3n) is 2.46. The van der Waals surface area contributed by atoms with E-state index in [1.165, 1.54) is 0 Å². The van der Waals surface area contributed by atoms with Crippen molar-refractivity contribution in [2.45, 2.75) is 45.2 Å². The van der Waals surface area contributed by atoms with Crippen molar-refractivity contribution in [3.8, 4) is 0 Å². The molecule has 0 aromatic heterocycles.